The number of aromatic nitrogens is 4. The molecule has 0 aromatic carbocycles. The van der Waals surface area contributed by atoms with Gasteiger partial charge in [0.05, 0.1) is 29.2 Å². The summed E-state index contributed by atoms with van der Waals surface area (Å²) in [6.07, 6.45) is 6.25. The van der Waals surface area contributed by atoms with E-state index in [0.717, 1.165) is 18.4 Å². The highest BCUT2D eigenvalue weighted by Crippen LogP contribution is 2.17. The molecule has 5 rings (SSSR count). The van der Waals surface area contributed by atoms with Crippen molar-refractivity contribution in [2.24, 2.45) is 4.99 Å². The third-order valence-corrected chi connectivity index (χ3v) is 5.75. The minimum Gasteiger partial charge on any atom is -0.376 e. The van der Waals surface area contributed by atoms with Crippen molar-refractivity contribution < 1.29 is 9.53 Å². The lowest BCUT2D eigenvalue weighted by Gasteiger charge is -2.17. The molecule has 9 nitrogen and oxygen atoms in total. The van der Waals surface area contributed by atoms with E-state index in [2.05, 4.69) is 16.0 Å². The van der Waals surface area contributed by atoms with Gasteiger partial charge in [0.15, 0.2) is 5.49 Å². The Balaban J connectivity index is 1.86. The van der Waals surface area contributed by atoms with Gasteiger partial charge in [-0.15, -0.1) is 0 Å². The molecule has 0 N–H and O–H groups in total. The summed E-state index contributed by atoms with van der Waals surface area (Å²) in [4.78, 5) is 39.2. The van der Waals surface area contributed by atoms with Crippen molar-refractivity contribution in [1.82, 2.24) is 18.9 Å². The van der Waals surface area contributed by atoms with E-state index < -0.39 is 5.91 Å². The molecule has 5 heterocycles. The third-order valence-electron chi connectivity index (χ3n) is 5.75. The van der Waals surface area contributed by atoms with E-state index in [1.807, 2.05) is 13.0 Å². The molecule has 164 valence electrons. The molecule has 1 saturated heterocycles. The van der Waals surface area contributed by atoms with Crippen molar-refractivity contribution >= 4 is 22.6 Å². The van der Waals surface area contributed by atoms with E-state index in [1.165, 1.54) is 16.7 Å². The highest BCUT2D eigenvalue weighted by molar-refractivity contribution is 5.94. The maximum atomic E-state index is 13.3. The molecular formula is C24H20N6O3. The molecule has 0 bridgehead atoms. The van der Waals surface area contributed by atoms with Crippen LogP contribution in [0.15, 0.2) is 58.7 Å². The summed E-state index contributed by atoms with van der Waals surface area (Å²) in [6, 6.07) is 10.5. The SMILES string of the molecule is Cc1cccn2c(=O)c3cc(C#N)c(=NC(=O)c4cccnc4)n(C[C@H]4CCCO4)c3nc12. The first kappa shape index (κ1) is 20.7. The van der Waals surface area contributed by atoms with Crippen molar-refractivity contribution in [2.45, 2.75) is 32.4 Å². The molecule has 1 fully saturated rings. The van der Waals surface area contributed by atoms with Crippen LogP contribution < -0.4 is 11.0 Å². The van der Waals surface area contributed by atoms with Crippen LogP contribution in [0.25, 0.3) is 16.7 Å². The Morgan fingerprint density at radius 1 is 1.33 bits per heavy atom. The standard InChI is InChI=1S/C24H20N6O3/c1-15-5-3-9-29-20(15)27-22-19(24(29)32)11-17(12-25)21(30(22)14-18-7-4-10-33-18)28-23(31)16-6-2-8-26-13-16/h2-3,5-6,8-9,11,13,18H,4,7,10,14H2,1H3/t18-/m1/s1. The monoisotopic (exact) mass is 440 g/mol. The van der Waals surface area contributed by atoms with Gasteiger partial charge in [0, 0.05) is 25.2 Å². The second-order valence-electron chi connectivity index (χ2n) is 7.94. The number of aryl methyl sites for hydroxylation is 1. The highest BCUT2D eigenvalue weighted by atomic mass is 16.5. The topological polar surface area (TPSA) is 115 Å². The van der Waals surface area contributed by atoms with Gasteiger partial charge in [-0.2, -0.15) is 10.3 Å². The minimum atomic E-state index is -0.534. The van der Waals surface area contributed by atoms with Crippen molar-refractivity contribution in [1.29, 1.82) is 5.26 Å². The average Bonchev–Trinajstić information content (AvgIpc) is 3.35. The highest BCUT2D eigenvalue weighted by Gasteiger charge is 2.21. The van der Waals surface area contributed by atoms with Crippen LogP contribution >= 0.6 is 0 Å². The first-order chi connectivity index (χ1) is 16.1. The molecule has 1 amide bonds. The predicted octanol–water partition coefficient (Wildman–Crippen LogP) is 2.14. The zero-order valence-electron chi connectivity index (χ0n) is 17.9. The molecule has 33 heavy (non-hydrogen) atoms. The number of rotatable bonds is 3. The van der Waals surface area contributed by atoms with E-state index in [9.17, 15) is 14.9 Å². The number of ether oxygens (including phenoxy) is 1. The lowest BCUT2D eigenvalue weighted by atomic mass is 10.2. The molecule has 0 saturated carbocycles. The number of carbonyl (C=O) groups excluding carboxylic acids is 1. The summed E-state index contributed by atoms with van der Waals surface area (Å²) in [5.74, 6) is -0.534. The Morgan fingerprint density at radius 2 is 2.21 bits per heavy atom. The number of fused-ring (bicyclic) bond motifs is 2. The summed E-state index contributed by atoms with van der Waals surface area (Å²) >= 11 is 0. The summed E-state index contributed by atoms with van der Waals surface area (Å²) in [6.45, 7) is 2.83. The fraction of sp³-hybridized carbons (Fsp3) is 0.250. The molecule has 0 radical (unpaired) electrons. The van der Waals surface area contributed by atoms with Crippen LogP contribution in [-0.2, 0) is 11.3 Å². The molecule has 1 atom stereocenters. The van der Waals surface area contributed by atoms with Crippen molar-refractivity contribution in [2.75, 3.05) is 6.61 Å². The Labute approximate surface area is 188 Å². The van der Waals surface area contributed by atoms with E-state index in [1.54, 1.807) is 35.2 Å². The zero-order valence-corrected chi connectivity index (χ0v) is 17.9. The number of pyridine rings is 3. The number of amides is 1. The maximum absolute atomic E-state index is 13.3. The second kappa shape index (κ2) is 8.41. The summed E-state index contributed by atoms with van der Waals surface area (Å²) in [5, 5.41) is 10.2. The van der Waals surface area contributed by atoms with Crippen LogP contribution in [0, 0.1) is 18.3 Å². The van der Waals surface area contributed by atoms with Gasteiger partial charge in [0.25, 0.3) is 11.5 Å². The molecule has 0 unspecified atom stereocenters. The number of hydrogen-bond donors (Lipinski definition) is 0. The minimum absolute atomic E-state index is 0.115. The van der Waals surface area contributed by atoms with Crippen molar-refractivity contribution in [3.05, 3.63) is 81.5 Å². The molecular weight excluding hydrogens is 420 g/mol. The lowest BCUT2D eigenvalue weighted by molar-refractivity contribution is 0.0952. The number of nitriles is 1. The van der Waals surface area contributed by atoms with Gasteiger partial charge in [-0.05, 0) is 49.6 Å². The fourth-order valence-corrected chi connectivity index (χ4v) is 4.10. The van der Waals surface area contributed by atoms with Crippen LogP contribution in [0.1, 0.15) is 34.3 Å². The number of carbonyl (C=O) groups is 1. The van der Waals surface area contributed by atoms with Gasteiger partial charge in [0.2, 0.25) is 0 Å². The zero-order chi connectivity index (χ0) is 22.9. The molecule has 9 heteroatoms. The van der Waals surface area contributed by atoms with Crippen molar-refractivity contribution in [3.63, 3.8) is 0 Å². The van der Waals surface area contributed by atoms with E-state index >= 15 is 0 Å². The van der Waals surface area contributed by atoms with Gasteiger partial charge in [-0.3, -0.25) is 19.0 Å². The molecule has 0 spiro atoms. The third kappa shape index (κ3) is 3.70. The number of nitrogens with zero attached hydrogens (tertiary/aromatic N) is 6. The second-order valence-corrected chi connectivity index (χ2v) is 7.94. The van der Waals surface area contributed by atoms with Crippen molar-refractivity contribution in [3.8, 4) is 6.07 Å². The van der Waals surface area contributed by atoms with E-state index in [-0.39, 0.29) is 28.1 Å². The summed E-state index contributed by atoms with van der Waals surface area (Å²) < 4.78 is 8.95. The normalized spacial score (nSPS) is 16.4. The Bertz CT molecular complexity index is 1560. The smallest absolute Gasteiger partial charge is 0.280 e. The Morgan fingerprint density at radius 3 is 2.94 bits per heavy atom. The molecule has 4 aromatic heterocycles. The summed E-state index contributed by atoms with van der Waals surface area (Å²) in [5.41, 5.74) is 1.97. The van der Waals surface area contributed by atoms with Crippen LogP contribution in [0.5, 0.6) is 0 Å². The van der Waals surface area contributed by atoms with E-state index in [4.69, 9.17) is 9.72 Å². The molecule has 1 aliphatic rings. The Kier molecular flexibility index (Phi) is 5.28. The first-order valence-electron chi connectivity index (χ1n) is 10.6. The van der Waals surface area contributed by atoms with Gasteiger partial charge < -0.3 is 9.30 Å². The quantitative estimate of drug-likeness (QED) is 0.451. The first-order valence-corrected chi connectivity index (χ1v) is 10.6. The molecule has 4 aromatic rings. The fourth-order valence-electron chi connectivity index (χ4n) is 4.10. The predicted molar refractivity (Wildman–Crippen MR) is 120 cm³/mol. The lowest BCUT2D eigenvalue weighted by Crippen LogP contribution is -2.33. The molecule has 0 aliphatic carbocycles. The van der Waals surface area contributed by atoms with Gasteiger partial charge in [0.1, 0.15) is 17.4 Å². The van der Waals surface area contributed by atoms with Crippen LogP contribution in [-0.4, -0.2) is 37.6 Å². The van der Waals surface area contributed by atoms with Gasteiger partial charge >= 0.3 is 0 Å². The Hall–Kier alpha value is -4.16. The van der Waals surface area contributed by atoms with Gasteiger partial charge in [-0.25, -0.2) is 4.98 Å². The van der Waals surface area contributed by atoms with Crippen LogP contribution in [0.2, 0.25) is 0 Å². The van der Waals surface area contributed by atoms with Crippen LogP contribution in [0.3, 0.4) is 0 Å². The largest absolute Gasteiger partial charge is 0.376 e. The van der Waals surface area contributed by atoms with Crippen LogP contribution in [0.4, 0.5) is 0 Å². The number of hydrogen-bond acceptors (Lipinski definition) is 6. The van der Waals surface area contributed by atoms with Gasteiger partial charge in [-0.1, -0.05) is 6.07 Å². The average molecular weight is 440 g/mol. The van der Waals surface area contributed by atoms with E-state index in [0.29, 0.717) is 30.0 Å². The molecule has 1 aliphatic heterocycles. The maximum Gasteiger partial charge on any atom is 0.280 e. The summed E-state index contributed by atoms with van der Waals surface area (Å²) in [7, 11) is 0.